The second kappa shape index (κ2) is 6.04. The zero-order chi connectivity index (χ0) is 15.4. The Balaban J connectivity index is 2.10. The molecule has 1 heterocycles. The Bertz CT molecular complexity index is 571. The number of imide groups is 1. The molecule has 1 atom stereocenters. The molecule has 1 unspecified atom stereocenters. The van der Waals surface area contributed by atoms with E-state index in [0.29, 0.717) is 5.56 Å². The van der Waals surface area contributed by atoms with Crippen LogP contribution in [-0.2, 0) is 14.4 Å². The summed E-state index contributed by atoms with van der Waals surface area (Å²) in [5.74, 6) is -2.44. The average Bonchev–Trinajstić information content (AvgIpc) is 2.44. The smallest absolute Gasteiger partial charge is 0.330 e. The van der Waals surface area contributed by atoms with E-state index in [1.807, 2.05) is 0 Å². The molecule has 21 heavy (non-hydrogen) atoms. The molecule has 0 saturated carbocycles. The SMILES string of the molecule is O=C1CN(C(=O)NC(C(=O)O)c2ccccc2)CC(=O)N1. The lowest BCUT2D eigenvalue weighted by atomic mass is 10.1. The number of carbonyl (C=O) groups is 4. The topological polar surface area (TPSA) is 116 Å². The minimum absolute atomic E-state index is 0.293. The van der Waals surface area contributed by atoms with Gasteiger partial charge in [-0.25, -0.2) is 9.59 Å². The highest BCUT2D eigenvalue weighted by molar-refractivity contribution is 6.02. The van der Waals surface area contributed by atoms with E-state index in [2.05, 4.69) is 10.6 Å². The Labute approximate surface area is 119 Å². The number of benzene rings is 1. The highest BCUT2D eigenvalue weighted by Crippen LogP contribution is 2.13. The lowest BCUT2D eigenvalue weighted by Crippen LogP contribution is -2.56. The summed E-state index contributed by atoms with van der Waals surface area (Å²) in [6, 6.07) is 6.11. The normalized spacial score (nSPS) is 16.1. The summed E-state index contributed by atoms with van der Waals surface area (Å²) in [6.45, 7) is -0.586. The van der Waals surface area contributed by atoms with Crippen molar-refractivity contribution in [3.63, 3.8) is 0 Å². The molecule has 8 heteroatoms. The summed E-state index contributed by atoms with van der Waals surface area (Å²) in [5.41, 5.74) is 0.395. The molecular formula is C13H13N3O5. The van der Waals surface area contributed by atoms with Gasteiger partial charge in [0.2, 0.25) is 11.8 Å². The minimum Gasteiger partial charge on any atom is -0.479 e. The average molecular weight is 291 g/mol. The van der Waals surface area contributed by atoms with Gasteiger partial charge in [-0.3, -0.25) is 14.9 Å². The largest absolute Gasteiger partial charge is 0.479 e. The first kappa shape index (κ1) is 14.5. The van der Waals surface area contributed by atoms with E-state index in [0.717, 1.165) is 4.90 Å². The van der Waals surface area contributed by atoms with Gasteiger partial charge in [0.25, 0.3) is 0 Å². The Hall–Kier alpha value is -2.90. The van der Waals surface area contributed by atoms with E-state index in [9.17, 15) is 24.3 Å². The van der Waals surface area contributed by atoms with E-state index in [-0.39, 0.29) is 13.1 Å². The zero-order valence-corrected chi connectivity index (χ0v) is 10.9. The van der Waals surface area contributed by atoms with Crippen molar-refractivity contribution in [2.24, 2.45) is 0 Å². The van der Waals surface area contributed by atoms with E-state index in [4.69, 9.17) is 0 Å². The molecule has 1 saturated heterocycles. The van der Waals surface area contributed by atoms with Gasteiger partial charge >= 0.3 is 12.0 Å². The quantitative estimate of drug-likeness (QED) is 0.648. The maximum Gasteiger partial charge on any atom is 0.330 e. The van der Waals surface area contributed by atoms with Gasteiger partial charge in [-0.15, -0.1) is 0 Å². The molecule has 2 rings (SSSR count). The lowest BCUT2D eigenvalue weighted by Gasteiger charge is -2.27. The van der Waals surface area contributed by atoms with Crippen LogP contribution >= 0.6 is 0 Å². The number of nitrogens with zero attached hydrogens (tertiary/aromatic N) is 1. The number of hydrogen-bond donors (Lipinski definition) is 3. The molecule has 0 radical (unpaired) electrons. The predicted octanol–water partition coefficient (Wildman–Crippen LogP) is -0.520. The molecule has 8 nitrogen and oxygen atoms in total. The van der Waals surface area contributed by atoms with Crippen LogP contribution in [0.25, 0.3) is 0 Å². The van der Waals surface area contributed by atoms with E-state index in [1.54, 1.807) is 30.3 Å². The van der Waals surface area contributed by atoms with Crippen LogP contribution in [0.5, 0.6) is 0 Å². The molecule has 0 spiro atoms. The fraction of sp³-hybridized carbons (Fsp3) is 0.231. The summed E-state index contributed by atoms with van der Waals surface area (Å²) in [5, 5.41) is 13.6. The summed E-state index contributed by atoms with van der Waals surface area (Å²) in [4.78, 5) is 46.6. The summed E-state index contributed by atoms with van der Waals surface area (Å²) in [6.07, 6.45) is 0. The Morgan fingerprint density at radius 2 is 1.71 bits per heavy atom. The Kier molecular flexibility index (Phi) is 4.17. The molecule has 110 valence electrons. The first-order valence-electron chi connectivity index (χ1n) is 6.13. The number of carboxylic acids is 1. The molecule has 1 aromatic carbocycles. The summed E-state index contributed by atoms with van der Waals surface area (Å²) < 4.78 is 0. The molecule has 0 aromatic heterocycles. The van der Waals surface area contributed by atoms with Gasteiger partial charge in [-0.05, 0) is 5.56 Å². The second-order valence-electron chi connectivity index (χ2n) is 4.46. The number of urea groups is 1. The Morgan fingerprint density at radius 1 is 1.14 bits per heavy atom. The number of carbonyl (C=O) groups excluding carboxylic acids is 3. The van der Waals surface area contributed by atoms with Crippen molar-refractivity contribution in [2.75, 3.05) is 13.1 Å². The number of hydrogen-bond acceptors (Lipinski definition) is 4. The summed E-state index contributed by atoms with van der Waals surface area (Å²) >= 11 is 0. The van der Waals surface area contributed by atoms with Crippen molar-refractivity contribution < 1.29 is 24.3 Å². The van der Waals surface area contributed by atoms with Crippen molar-refractivity contribution in [3.8, 4) is 0 Å². The maximum atomic E-state index is 12.0. The van der Waals surface area contributed by atoms with Crippen molar-refractivity contribution in [3.05, 3.63) is 35.9 Å². The molecule has 0 aliphatic carbocycles. The van der Waals surface area contributed by atoms with Crippen LogP contribution in [-0.4, -0.2) is 46.9 Å². The molecule has 1 aliphatic rings. The lowest BCUT2D eigenvalue weighted by molar-refractivity contribution is -0.139. The van der Waals surface area contributed by atoms with Gasteiger partial charge in [-0.2, -0.15) is 0 Å². The van der Waals surface area contributed by atoms with Crippen LogP contribution in [0.2, 0.25) is 0 Å². The van der Waals surface area contributed by atoms with Crippen molar-refractivity contribution in [1.29, 1.82) is 0 Å². The van der Waals surface area contributed by atoms with Crippen LogP contribution in [0.4, 0.5) is 4.79 Å². The van der Waals surface area contributed by atoms with E-state index < -0.39 is 29.9 Å². The fourth-order valence-electron chi connectivity index (χ4n) is 1.93. The summed E-state index contributed by atoms with van der Waals surface area (Å²) in [7, 11) is 0. The third kappa shape index (κ3) is 3.56. The first-order chi connectivity index (χ1) is 9.97. The van der Waals surface area contributed by atoms with Gasteiger partial charge in [0.1, 0.15) is 13.1 Å². The van der Waals surface area contributed by atoms with Gasteiger partial charge < -0.3 is 15.3 Å². The third-order valence-corrected chi connectivity index (χ3v) is 2.88. The second-order valence-corrected chi connectivity index (χ2v) is 4.46. The van der Waals surface area contributed by atoms with Crippen molar-refractivity contribution in [1.82, 2.24) is 15.5 Å². The number of carboxylic acid groups (broad SMARTS) is 1. The molecular weight excluding hydrogens is 278 g/mol. The van der Waals surface area contributed by atoms with Crippen LogP contribution < -0.4 is 10.6 Å². The number of rotatable bonds is 3. The molecule has 1 aliphatic heterocycles. The first-order valence-corrected chi connectivity index (χ1v) is 6.13. The third-order valence-electron chi connectivity index (χ3n) is 2.88. The molecule has 3 N–H and O–H groups in total. The van der Waals surface area contributed by atoms with Crippen LogP contribution in [0.3, 0.4) is 0 Å². The minimum atomic E-state index is -1.25. The van der Waals surface area contributed by atoms with Crippen LogP contribution in [0.1, 0.15) is 11.6 Å². The van der Waals surface area contributed by atoms with Gasteiger partial charge in [-0.1, -0.05) is 30.3 Å². The highest BCUT2D eigenvalue weighted by Gasteiger charge is 2.29. The van der Waals surface area contributed by atoms with Gasteiger partial charge in [0.15, 0.2) is 6.04 Å². The monoisotopic (exact) mass is 291 g/mol. The van der Waals surface area contributed by atoms with E-state index >= 15 is 0 Å². The van der Waals surface area contributed by atoms with Gasteiger partial charge in [0.05, 0.1) is 0 Å². The van der Waals surface area contributed by atoms with Crippen molar-refractivity contribution in [2.45, 2.75) is 6.04 Å². The van der Waals surface area contributed by atoms with Crippen molar-refractivity contribution >= 4 is 23.8 Å². The maximum absolute atomic E-state index is 12.0. The number of aliphatic carboxylic acids is 1. The molecule has 1 fully saturated rings. The standard InChI is InChI=1S/C13H13N3O5/c17-9-6-16(7-10(18)14-9)13(21)15-11(12(19)20)8-4-2-1-3-5-8/h1-5,11H,6-7H2,(H,15,21)(H,19,20)(H,14,17,18). The number of piperazine rings is 1. The predicted molar refractivity (Wildman–Crippen MR) is 70.1 cm³/mol. The van der Waals surface area contributed by atoms with Crippen LogP contribution in [0.15, 0.2) is 30.3 Å². The zero-order valence-electron chi connectivity index (χ0n) is 10.9. The number of nitrogens with one attached hydrogen (secondary N) is 2. The fourth-order valence-corrected chi connectivity index (χ4v) is 1.93. The number of amides is 4. The van der Waals surface area contributed by atoms with Crippen LogP contribution in [0, 0.1) is 0 Å². The van der Waals surface area contributed by atoms with E-state index in [1.165, 1.54) is 0 Å². The molecule has 0 bridgehead atoms. The highest BCUT2D eigenvalue weighted by atomic mass is 16.4. The van der Waals surface area contributed by atoms with Gasteiger partial charge in [0, 0.05) is 0 Å². The molecule has 1 aromatic rings. The Morgan fingerprint density at radius 3 is 2.24 bits per heavy atom. The molecule has 4 amide bonds.